The number of nitrogens with two attached hydrogens (primary N) is 1. The second-order valence-electron chi connectivity index (χ2n) is 14.1. The Balaban J connectivity index is 0.000000376. The van der Waals surface area contributed by atoms with E-state index in [0.717, 1.165) is 30.3 Å². The van der Waals surface area contributed by atoms with Crippen LogP contribution in [0.4, 0.5) is 17.3 Å². The minimum absolute atomic E-state index is 0.0455. The number of nitrogens with one attached hydrogen (secondary N) is 1. The van der Waals surface area contributed by atoms with Crippen LogP contribution in [0, 0.1) is 6.92 Å². The van der Waals surface area contributed by atoms with E-state index in [9.17, 15) is 0 Å². The van der Waals surface area contributed by atoms with Crippen molar-refractivity contribution in [2.75, 3.05) is 25.3 Å². The van der Waals surface area contributed by atoms with Crippen LogP contribution in [0.25, 0.3) is 22.2 Å². The molecule has 0 amide bonds. The van der Waals surface area contributed by atoms with Crippen molar-refractivity contribution in [2.45, 2.75) is 6.92 Å². The van der Waals surface area contributed by atoms with Gasteiger partial charge in [0.25, 0.3) is 0 Å². The van der Waals surface area contributed by atoms with Gasteiger partial charge in [0.05, 0.1) is 19.6 Å². The first-order chi connectivity index (χ1) is 37.0. The second-order valence-corrected chi connectivity index (χ2v) is 189. The number of aromatic nitrogens is 5. The highest BCUT2D eigenvalue weighted by Gasteiger charge is 2.56. The summed E-state index contributed by atoms with van der Waals surface area (Å²) in [4.78, 5) is 16.0. The number of rotatable bonds is 25. The first kappa shape index (κ1) is 87.6. The van der Waals surface area contributed by atoms with Gasteiger partial charge >= 0.3 is 0 Å². The smallest absolute Gasteiger partial charge is 0.193 e. The molecular formula is C24H66Cl2N7O3P43. The van der Waals surface area contributed by atoms with E-state index in [1.54, 1.807) is 7.11 Å². The maximum absolute atomic E-state index is 5.75. The number of methoxy groups -OCH3 is 2. The second kappa shape index (κ2) is 46.1. The molecule has 0 aliphatic carbocycles. The highest BCUT2D eigenvalue weighted by Crippen LogP contribution is 3.44. The number of nitrogens with zero attached hydrogens (tertiary/aromatic N) is 5. The van der Waals surface area contributed by atoms with Gasteiger partial charge in [0.1, 0.15) is 18.3 Å². The van der Waals surface area contributed by atoms with Gasteiger partial charge in [0, 0.05) is 17.3 Å². The molecule has 0 bridgehead atoms. The fraction of sp³-hybridized carbons (Fsp3) is 0.125. The molecule has 0 spiro atoms. The number of hydrogen-bond donors (Lipinski definition) is 2. The Labute approximate surface area is 554 Å². The van der Waals surface area contributed by atoms with Crippen LogP contribution in [0.1, 0.15) is 5.56 Å². The highest BCUT2D eigenvalue weighted by molar-refractivity contribution is 9.49. The van der Waals surface area contributed by atoms with Gasteiger partial charge in [-0.2, -0.15) is 0 Å². The summed E-state index contributed by atoms with van der Waals surface area (Å²) >= 11 is 11.1. The van der Waals surface area contributed by atoms with E-state index in [2.05, 4.69) is 227 Å². The fourth-order valence-corrected chi connectivity index (χ4v) is 601. The Morgan fingerprint density at radius 2 is 0.886 bits per heavy atom. The molecule has 0 saturated heterocycles. The van der Waals surface area contributed by atoms with Crippen molar-refractivity contribution in [1.82, 2.24) is 25.1 Å². The fourth-order valence-electron chi connectivity index (χ4n) is 5.71. The van der Waals surface area contributed by atoms with Crippen molar-refractivity contribution in [3.05, 3.63) is 71.0 Å². The predicted molar refractivity (Wildman–Crippen MR) is 499 cm³/mol. The summed E-state index contributed by atoms with van der Waals surface area (Å²) in [5.74, 6) is 1.80. The third-order valence-corrected chi connectivity index (χ3v) is 303. The average molecular weight is 1900 g/mol. The predicted octanol–water partition coefficient (Wildman–Crippen LogP) is 30.7. The third kappa shape index (κ3) is 27.9. The van der Waals surface area contributed by atoms with Crippen molar-refractivity contribution < 1.29 is 14.0 Å². The lowest BCUT2D eigenvalue weighted by Crippen LogP contribution is -2.01. The molecular weight excluding hydrogens is 1840 g/mol. The van der Waals surface area contributed by atoms with Crippen molar-refractivity contribution in [3.63, 3.8) is 0 Å². The molecule has 25 unspecified atom stereocenters. The van der Waals surface area contributed by atoms with Gasteiger partial charge in [0.2, 0.25) is 0 Å². The summed E-state index contributed by atoms with van der Waals surface area (Å²) in [6.07, 6.45) is 2.78. The van der Waals surface area contributed by atoms with E-state index >= 15 is 0 Å². The van der Waals surface area contributed by atoms with Gasteiger partial charge in [-0.1, -0.05) is 66.1 Å². The molecule has 25 atom stereocenters. The molecule has 0 aliphatic heterocycles. The number of aryl methyl sites for hydroxylation is 1. The number of anilines is 3. The highest BCUT2D eigenvalue weighted by atomic mass is 35.5. The topological polar surface area (TPSA) is 134 Å². The number of nitrogen functional groups attached to an aromatic ring is 1. The number of fused-ring (bicyclic) bond motifs is 1. The molecule has 10 nitrogen and oxygen atoms in total. The molecule has 55 heteroatoms. The first-order valence-corrected chi connectivity index (χ1v) is 98.9. The van der Waals surface area contributed by atoms with Crippen molar-refractivity contribution in [1.29, 1.82) is 0 Å². The van der Waals surface area contributed by atoms with E-state index < -0.39 is 0 Å². The molecule has 3 heterocycles. The van der Waals surface area contributed by atoms with Gasteiger partial charge < -0.3 is 25.0 Å². The number of halogens is 2. The molecule has 444 valence electrons. The molecule has 3 aromatic heterocycles. The van der Waals surface area contributed by atoms with Crippen LogP contribution in [-0.4, -0.2) is 39.3 Å². The lowest BCUT2D eigenvalue weighted by Gasteiger charge is -2.56. The lowest BCUT2D eigenvalue weighted by atomic mass is 10.1. The van der Waals surface area contributed by atoms with Crippen LogP contribution < -0.4 is 20.5 Å². The SMILES string of the molecule is COc1c(Cl)ncnc1Cl.COc1c(Nc2ccc3c(N)noc3c2)ncnc1-c1ccc(C)cc1.PPP(P)P(P(P(P)P)P(P)P)P(P(P(P(P)P)P(P)P)P(P(P)P)P(P)P)P(P(P(P)P)P(P)P)P(P(P)P)P(P)P. The number of ether oxygens (including phenoxy) is 2. The van der Waals surface area contributed by atoms with Crippen LogP contribution in [0.15, 0.2) is 59.6 Å². The van der Waals surface area contributed by atoms with Crippen LogP contribution in [0.5, 0.6) is 11.5 Å². The minimum Gasteiger partial charge on any atom is -0.491 e. The zero-order valence-corrected chi connectivity index (χ0v) is 87.4. The van der Waals surface area contributed by atoms with E-state index in [1.807, 2.05) is 49.4 Å². The zero-order valence-electron chi connectivity index (χ0n) is 41.6. The molecule has 0 fully saturated rings. The van der Waals surface area contributed by atoms with Gasteiger partial charge in [-0.05, 0) is 159 Å². The standard InChI is InChI=1S/C19H17N5O2.C5H4Cl2N2O.H45P43/c1-11-3-5-12(6-4-11)16-17(25-2)19(22-10-21-16)23-13-7-8-14-15(9-13)26-24-18(14)20;1-10-3-4(6)8-2-9-5(3)7;1-23-34(22)40(35(24(2)3)25(4)5)43(41(36(26(6)7)27(8)9)37(28(10)11)29(12)13)42(38(30(14)15)31(16)17)39(32(18)19)33(20)21/h3-10H,1-2H3,(H2,20,24)(H,21,22,23);2H,1H3;23H,1-22H2. The number of benzene rings is 2. The van der Waals surface area contributed by atoms with Gasteiger partial charge in [0.15, 0.2) is 39.0 Å². The molecule has 3 N–H and O–H groups in total. The third-order valence-electron chi connectivity index (χ3n) is 8.69. The lowest BCUT2D eigenvalue weighted by molar-refractivity contribution is 0.411. The number of hydrogen-bond acceptors (Lipinski definition) is 10. The van der Waals surface area contributed by atoms with Crippen LogP contribution in [0.3, 0.4) is 0 Å². The quantitative estimate of drug-likeness (QED) is 0.0430. The summed E-state index contributed by atoms with van der Waals surface area (Å²) in [5.41, 5.74) is 9.98. The molecule has 79 heavy (non-hydrogen) atoms. The van der Waals surface area contributed by atoms with Gasteiger partial charge in [-0.3, -0.25) is 0 Å². The monoisotopic (exact) mass is 1900 g/mol. The largest absolute Gasteiger partial charge is 0.491 e. The van der Waals surface area contributed by atoms with Crippen LogP contribution in [-0.2, 0) is 0 Å². The summed E-state index contributed by atoms with van der Waals surface area (Å²) in [6, 6.07) is 13.6. The maximum atomic E-state index is 5.75. The van der Waals surface area contributed by atoms with E-state index in [0.29, 0.717) is 28.7 Å². The van der Waals surface area contributed by atoms with Crippen molar-refractivity contribution in [2.24, 2.45) is 0 Å². The Morgan fingerprint density at radius 1 is 0.506 bits per heavy atom. The van der Waals surface area contributed by atoms with Gasteiger partial charge in [-0.25, -0.2) is 19.9 Å². The Morgan fingerprint density at radius 3 is 1.25 bits per heavy atom. The molecule has 2 aromatic carbocycles. The zero-order chi connectivity index (χ0) is 59.9. The van der Waals surface area contributed by atoms with E-state index in [4.69, 9.17) is 42.9 Å². The van der Waals surface area contributed by atoms with Crippen molar-refractivity contribution >= 4 is 396 Å². The minimum atomic E-state index is -0.141. The van der Waals surface area contributed by atoms with Crippen molar-refractivity contribution in [3.8, 4) is 22.8 Å². The van der Waals surface area contributed by atoms with Crippen LogP contribution in [0.2, 0.25) is 10.3 Å². The molecule has 0 saturated carbocycles. The summed E-state index contributed by atoms with van der Waals surface area (Å²) in [7, 11) is 79.3. The Bertz CT molecular complexity index is 2460. The average Bonchev–Trinajstić information content (AvgIpc) is 3.72. The van der Waals surface area contributed by atoms with E-state index in [-0.39, 0.29) is 150 Å². The molecule has 5 rings (SSSR count). The molecule has 0 aliphatic rings. The normalized spacial score (nSPS) is 13.4. The molecule has 0 radical (unpaired) electrons. The van der Waals surface area contributed by atoms with Crippen LogP contribution >= 0.6 is 367 Å². The molecule has 5 aromatic rings. The maximum Gasteiger partial charge on any atom is 0.193 e. The summed E-state index contributed by atoms with van der Waals surface area (Å²) in [6.45, 7) is 0.00453. The van der Waals surface area contributed by atoms with E-state index in [1.165, 1.54) is 25.3 Å². The Hall–Kier alpha value is 14.3. The Kier molecular flexibility index (Phi) is 51.0. The summed E-state index contributed by atoms with van der Waals surface area (Å²) < 4.78 is 15.6. The summed E-state index contributed by atoms with van der Waals surface area (Å²) in [5, 5.41) is 8.22. The first-order valence-electron chi connectivity index (χ1n) is 20.2. The van der Waals surface area contributed by atoms with Gasteiger partial charge in [-0.15, -0.1) is 196 Å².